The molecule has 0 bridgehead atoms. The van der Waals surface area contributed by atoms with Crippen LogP contribution in [-0.2, 0) is 11.2 Å². The van der Waals surface area contributed by atoms with Crippen LogP contribution < -0.4 is 0 Å². The molecule has 1 aliphatic rings. The van der Waals surface area contributed by atoms with E-state index >= 15 is 0 Å². The normalized spacial score (nSPS) is 18.1. The first-order chi connectivity index (χ1) is 7.77. The van der Waals surface area contributed by atoms with E-state index in [0.717, 1.165) is 24.0 Å². The van der Waals surface area contributed by atoms with E-state index in [1.807, 2.05) is 12.1 Å². The van der Waals surface area contributed by atoms with Crippen LogP contribution in [0.25, 0.3) is 0 Å². The van der Waals surface area contributed by atoms with E-state index in [0.29, 0.717) is 6.42 Å². The van der Waals surface area contributed by atoms with Gasteiger partial charge in [0.1, 0.15) is 6.10 Å². The van der Waals surface area contributed by atoms with Gasteiger partial charge in [-0.15, -0.1) is 6.58 Å². The first kappa shape index (κ1) is 10.9. The summed E-state index contributed by atoms with van der Waals surface area (Å²) in [6, 6.07) is 5.86. The molecule has 1 unspecified atom stereocenters. The zero-order valence-corrected chi connectivity index (χ0v) is 9.53. The molecule has 84 valence electrons. The number of hydrogen-bond acceptors (Lipinski definition) is 2. The third-order valence-corrected chi connectivity index (χ3v) is 2.89. The molecule has 1 heterocycles. The quantitative estimate of drug-likeness (QED) is 0.569. The zero-order chi connectivity index (χ0) is 11.5. The van der Waals surface area contributed by atoms with Crippen molar-refractivity contribution in [1.29, 1.82) is 0 Å². The van der Waals surface area contributed by atoms with E-state index in [4.69, 9.17) is 4.74 Å². The minimum atomic E-state index is -0.195. The van der Waals surface area contributed by atoms with Crippen LogP contribution in [-0.4, -0.2) is 5.97 Å². The zero-order valence-electron chi connectivity index (χ0n) is 9.53. The molecule has 0 amide bonds. The highest BCUT2D eigenvalue weighted by atomic mass is 16.5. The number of esters is 1. The Kier molecular flexibility index (Phi) is 3.09. The van der Waals surface area contributed by atoms with Crippen molar-refractivity contribution < 1.29 is 9.53 Å². The Labute approximate surface area is 95.9 Å². The molecule has 0 aromatic heterocycles. The van der Waals surface area contributed by atoms with Gasteiger partial charge in [-0.3, -0.25) is 0 Å². The Bertz CT molecular complexity index is 421. The Balaban J connectivity index is 2.45. The van der Waals surface area contributed by atoms with Crippen molar-refractivity contribution in [1.82, 2.24) is 0 Å². The summed E-state index contributed by atoms with van der Waals surface area (Å²) in [7, 11) is 0. The van der Waals surface area contributed by atoms with E-state index < -0.39 is 0 Å². The van der Waals surface area contributed by atoms with Crippen molar-refractivity contribution >= 4 is 5.97 Å². The molecule has 1 aromatic rings. The molecule has 0 radical (unpaired) electrons. The van der Waals surface area contributed by atoms with Gasteiger partial charge in [0.25, 0.3) is 0 Å². The van der Waals surface area contributed by atoms with Crippen molar-refractivity contribution in [3.05, 3.63) is 47.5 Å². The molecule has 2 heteroatoms. The number of hydrogen-bond donors (Lipinski definition) is 0. The highest BCUT2D eigenvalue weighted by Gasteiger charge is 2.31. The number of fused-ring (bicyclic) bond motifs is 1. The van der Waals surface area contributed by atoms with E-state index in [2.05, 4.69) is 19.6 Å². The lowest BCUT2D eigenvalue weighted by atomic mass is 9.94. The average molecular weight is 216 g/mol. The standard InChI is InChI=1S/C14H16O2/c1-3-6-10-8-5-9-11-13(10)12(7-4-2)16-14(11)15/h4-5,8-9,12H,2-3,6-7H2,1H3. The third-order valence-electron chi connectivity index (χ3n) is 2.89. The maximum absolute atomic E-state index is 11.7. The van der Waals surface area contributed by atoms with Crippen LogP contribution in [0.1, 0.15) is 47.4 Å². The number of ether oxygens (including phenoxy) is 1. The Hall–Kier alpha value is -1.57. The highest BCUT2D eigenvalue weighted by molar-refractivity contribution is 5.94. The number of aryl methyl sites for hydroxylation is 1. The number of benzene rings is 1. The molecule has 16 heavy (non-hydrogen) atoms. The van der Waals surface area contributed by atoms with Crippen LogP contribution in [0.2, 0.25) is 0 Å². The summed E-state index contributed by atoms with van der Waals surface area (Å²) in [5.74, 6) is -0.195. The molecule has 0 fully saturated rings. The van der Waals surface area contributed by atoms with Crippen molar-refractivity contribution in [2.75, 3.05) is 0 Å². The van der Waals surface area contributed by atoms with Crippen LogP contribution in [0, 0.1) is 0 Å². The molecule has 0 saturated heterocycles. The van der Waals surface area contributed by atoms with E-state index in [9.17, 15) is 4.79 Å². The number of carbonyl (C=O) groups is 1. The maximum Gasteiger partial charge on any atom is 0.339 e. The van der Waals surface area contributed by atoms with Crippen LogP contribution in [0.15, 0.2) is 30.9 Å². The molecule has 2 rings (SSSR count). The Morgan fingerprint density at radius 3 is 3.00 bits per heavy atom. The lowest BCUT2D eigenvalue weighted by Gasteiger charge is -2.11. The predicted octanol–water partition coefficient (Wildman–Crippen LogP) is 3.43. The summed E-state index contributed by atoms with van der Waals surface area (Å²) in [6.45, 7) is 5.84. The molecule has 0 N–H and O–H groups in total. The summed E-state index contributed by atoms with van der Waals surface area (Å²) in [6.07, 6.45) is 4.44. The molecule has 1 aromatic carbocycles. The average Bonchev–Trinajstić information content (AvgIpc) is 2.58. The Morgan fingerprint density at radius 2 is 2.31 bits per heavy atom. The van der Waals surface area contributed by atoms with Crippen molar-refractivity contribution in [2.24, 2.45) is 0 Å². The summed E-state index contributed by atoms with van der Waals surface area (Å²) >= 11 is 0. The topological polar surface area (TPSA) is 26.3 Å². The summed E-state index contributed by atoms with van der Waals surface area (Å²) in [4.78, 5) is 11.7. The van der Waals surface area contributed by atoms with E-state index in [1.165, 1.54) is 5.56 Å². The number of cyclic esters (lactones) is 1. The summed E-state index contributed by atoms with van der Waals surface area (Å²) in [5.41, 5.74) is 3.05. The lowest BCUT2D eigenvalue weighted by molar-refractivity contribution is 0.0391. The van der Waals surface area contributed by atoms with Gasteiger partial charge in [0.15, 0.2) is 0 Å². The van der Waals surface area contributed by atoms with Gasteiger partial charge >= 0.3 is 5.97 Å². The summed E-state index contributed by atoms with van der Waals surface area (Å²) < 4.78 is 5.35. The molecule has 0 aliphatic carbocycles. The predicted molar refractivity (Wildman–Crippen MR) is 63.4 cm³/mol. The summed E-state index contributed by atoms with van der Waals surface area (Å²) in [5, 5.41) is 0. The van der Waals surface area contributed by atoms with Gasteiger partial charge in [-0.2, -0.15) is 0 Å². The van der Waals surface area contributed by atoms with Crippen LogP contribution in [0.3, 0.4) is 0 Å². The fraction of sp³-hybridized carbons (Fsp3) is 0.357. The lowest BCUT2D eigenvalue weighted by Crippen LogP contribution is -1.99. The first-order valence-corrected chi connectivity index (χ1v) is 5.71. The minimum Gasteiger partial charge on any atom is -0.454 e. The van der Waals surface area contributed by atoms with Gasteiger partial charge in [0.05, 0.1) is 5.56 Å². The van der Waals surface area contributed by atoms with Gasteiger partial charge in [-0.05, 0) is 18.1 Å². The Morgan fingerprint density at radius 1 is 1.50 bits per heavy atom. The second kappa shape index (κ2) is 4.52. The minimum absolute atomic E-state index is 0.122. The molecule has 1 atom stereocenters. The maximum atomic E-state index is 11.7. The monoisotopic (exact) mass is 216 g/mol. The van der Waals surface area contributed by atoms with Gasteiger partial charge in [0.2, 0.25) is 0 Å². The fourth-order valence-electron chi connectivity index (χ4n) is 2.23. The van der Waals surface area contributed by atoms with Gasteiger partial charge in [0, 0.05) is 12.0 Å². The van der Waals surface area contributed by atoms with Crippen LogP contribution in [0.4, 0.5) is 0 Å². The highest BCUT2D eigenvalue weighted by Crippen LogP contribution is 2.36. The van der Waals surface area contributed by atoms with E-state index in [1.54, 1.807) is 6.08 Å². The second-order valence-corrected chi connectivity index (χ2v) is 4.05. The van der Waals surface area contributed by atoms with Crippen molar-refractivity contribution in [3.63, 3.8) is 0 Å². The molecular formula is C14H16O2. The van der Waals surface area contributed by atoms with Gasteiger partial charge in [-0.1, -0.05) is 31.6 Å². The molecule has 1 aliphatic heterocycles. The number of rotatable bonds is 4. The smallest absolute Gasteiger partial charge is 0.339 e. The fourth-order valence-corrected chi connectivity index (χ4v) is 2.23. The van der Waals surface area contributed by atoms with Gasteiger partial charge < -0.3 is 4.74 Å². The molecule has 0 spiro atoms. The van der Waals surface area contributed by atoms with Crippen molar-refractivity contribution in [2.45, 2.75) is 32.3 Å². The molecular weight excluding hydrogens is 200 g/mol. The molecule has 0 saturated carbocycles. The second-order valence-electron chi connectivity index (χ2n) is 4.05. The van der Waals surface area contributed by atoms with Gasteiger partial charge in [-0.25, -0.2) is 4.79 Å². The first-order valence-electron chi connectivity index (χ1n) is 5.71. The van der Waals surface area contributed by atoms with Crippen LogP contribution >= 0.6 is 0 Å². The molecule has 2 nitrogen and oxygen atoms in total. The number of carbonyl (C=O) groups excluding carboxylic acids is 1. The van der Waals surface area contributed by atoms with Crippen molar-refractivity contribution in [3.8, 4) is 0 Å². The van der Waals surface area contributed by atoms with Crippen LogP contribution in [0.5, 0.6) is 0 Å². The largest absolute Gasteiger partial charge is 0.454 e. The third kappa shape index (κ3) is 1.75. The SMILES string of the molecule is C=CCC1OC(=O)c2cccc(CCC)c21. The van der Waals surface area contributed by atoms with E-state index in [-0.39, 0.29) is 12.1 Å².